The maximum Gasteiger partial charge on any atom is 0.261 e. The Balaban J connectivity index is 1.61. The summed E-state index contributed by atoms with van der Waals surface area (Å²) >= 11 is 1.92. The fourth-order valence-corrected chi connectivity index (χ4v) is 5.24. The zero-order valence-electron chi connectivity index (χ0n) is 17.5. The third-order valence-electron chi connectivity index (χ3n) is 5.89. The second-order valence-electron chi connectivity index (χ2n) is 8.05. The Morgan fingerprint density at radius 1 is 1.24 bits per heavy atom. The highest BCUT2D eigenvalue weighted by Gasteiger charge is 2.45. The largest absolute Gasteiger partial charge is 0.481 e. The average molecular weight is 413 g/mol. The molecule has 29 heavy (non-hydrogen) atoms. The molecular formula is C22H28N4O2S. The molecule has 0 spiro atoms. The lowest BCUT2D eigenvalue weighted by molar-refractivity contribution is 0.0982. The van der Waals surface area contributed by atoms with Gasteiger partial charge in [-0.25, -0.2) is 4.98 Å². The Morgan fingerprint density at radius 3 is 2.69 bits per heavy atom. The van der Waals surface area contributed by atoms with E-state index < -0.39 is 5.54 Å². The predicted molar refractivity (Wildman–Crippen MR) is 117 cm³/mol. The Labute approximate surface area is 176 Å². The monoisotopic (exact) mass is 412 g/mol. The van der Waals surface area contributed by atoms with Crippen LogP contribution in [0, 0.1) is 0 Å². The molecule has 0 N–H and O–H groups in total. The highest BCUT2D eigenvalue weighted by molar-refractivity contribution is 7.96. The SMILES string of the molecule is CCSN1CCC(c2cncc(N3C(=O)c4ccc(OC)nc4C3(C)C)c2)CC1. The first-order valence-electron chi connectivity index (χ1n) is 10.2. The lowest BCUT2D eigenvalue weighted by Crippen LogP contribution is -2.39. The smallest absolute Gasteiger partial charge is 0.261 e. The van der Waals surface area contributed by atoms with Crippen molar-refractivity contribution in [3.8, 4) is 5.88 Å². The molecule has 6 nitrogen and oxygen atoms in total. The minimum Gasteiger partial charge on any atom is -0.481 e. The van der Waals surface area contributed by atoms with E-state index in [1.807, 2.05) is 43.0 Å². The summed E-state index contributed by atoms with van der Waals surface area (Å²) < 4.78 is 7.73. The van der Waals surface area contributed by atoms with Crippen LogP contribution >= 0.6 is 11.9 Å². The molecule has 2 aliphatic rings. The fourth-order valence-electron chi connectivity index (χ4n) is 4.41. The molecule has 1 amide bonds. The third-order valence-corrected chi connectivity index (χ3v) is 6.88. The molecule has 1 saturated heterocycles. The van der Waals surface area contributed by atoms with Gasteiger partial charge in [0.2, 0.25) is 5.88 Å². The number of nitrogens with zero attached hydrogens (tertiary/aromatic N) is 4. The van der Waals surface area contributed by atoms with E-state index in [4.69, 9.17) is 4.74 Å². The molecule has 0 unspecified atom stereocenters. The Morgan fingerprint density at radius 2 is 2.00 bits per heavy atom. The number of carbonyl (C=O) groups is 1. The van der Waals surface area contributed by atoms with Crippen LogP contribution in [0.15, 0.2) is 30.6 Å². The first kappa shape index (κ1) is 20.2. The van der Waals surface area contributed by atoms with Crippen molar-refractivity contribution in [1.82, 2.24) is 14.3 Å². The number of methoxy groups -OCH3 is 1. The number of piperidine rings is 1. The molecule has 2 aliphatic heterocycles. The van der Waals surface area contributed by atoms with Crippen molar-refractivity contribution in [3.05, 3.63) is 47.4 Å². The zero-order chi connectivity index (χ0) is 20.6. The van der Waals surface area contributed by atoms with Gasteiger partial charge in [-0.2, -0.15) is 0 Å². The van der Waals surface area contributed by atoms with E-state index in [1.165, 1.54) is 5.56 Å². The maximum atomic E-state index is 13.2. The molecule has 7 heteroatoms. The molecule has 4 rings (SSSR count). The molecule has 0 radical (unpaired) electrons. The third kappa shape index (κ3) is 3.62. The first-order valence-corrected chi connectivity index (χ1v) is 11.1. The number of fused-ring (bicyclic) bond motifs is 1. The number of aromatic nitrogens is 2. The molecule has 2 aromatic heterocycles. The number of hydrogen-bond donors (Lipinski definition) is 0. The summed E-state index contributed by atoms with van der Waals surface area (Å²) in [6.45, 7) is 8.43. The average Bonchev–Trinajstić information content (AvgIpc) is 2.94. The van der Waals surface area contributed by atoms with Gasteiger partial charge in [0.25, 0.3) is 5.91 Å². The van der Waals surface area contributed by atoms with Crippen LogP contribution in [0.25, 0.3) is 0 Å². The van der Waals surface area contributed by atoms with Crippen molar-refractivity contribution in [2.45, 2.75) is 45.1 Å². The Kier molecular flexibility index (Phi) is 5.53. The summed E-state index contributed by atoms with van der Waals surface area (Å²) in [7, 11) is 1.59. The summed E-state index contributed by atoms with van der Waals surface area (Å²) in [6, 6.07) is 5.69. The van der Waals surface area contributed by atoms with Crippen molar-refractivity contribution in [2.24, 2.45) is 0 Å². The quantitative estimate of drug-likeness (QED) is 0.685. The molecule has 0 aromatic carbocycles. The summed E-state index contributed by atoms with van der Waals surface area (Å²) in [6.07, 6.45) is 5.98. The van der Waals surface area contributed by atoms with E-state index in [9.17, 15) is 4.79 Å². The highest BCUT2D eigenvalue weighted by atomic mass is 32.2. The lowest BCUT2D eigenvalue weighted by atomic mass is 9.91. The van der Waals surface area contributed by atoms with Gasteiger partial charge in [0.05, 0.1) is 35.8 Å². The standard InChI is InChI=1S/C22H28N4O2S/c1-5-29-25-10-8-15(9-11-25)16-12-17(14-23-13-16)26-21(27)18-6-7-19(28-4)24-20(18)22(26,2)3/h6-7,12-15H,5,8-11H2,1-4H3. The van der Waals surface area contributed by atoms with Crippen molar-refractivity contribution in [2.75, 3.05) is 30.9 Å². The van der Waals surface area contributed by atoms with E-state index in [-0.39, 0.29) is 5.91 Å². The fraction of sp³-hybridized carbons (Fsp3) is 0.500. The van der Waals surface area contributed by atoms with Gasteiger partial charge < -0.3 is 4.74 Å². The number of carbonyl (C=O) groups excluding carboxylic acids is 1. The predicted octanol–water partition coefficient (Wildman–Crippen LogP) is 4.23. The number of amides is 1. The molecule has 0 atom stereocenters. The summed E-state index contributed by atoms with van der Waals surface area (Å²) in [5, 5.41) is 0. The van der Waals surface area contributed by atoms with Crippen molar-refractivity contribution >= 4 is 23.5 Å². The van der Waals surface area contributed by atoms with Crippen molar-refractivity contribution in [1.29, 1.82) is 0 Å². The second kappa shape index (κ2) is 7.95. The normalized spacial score (nSPS) is 19.4. The highest BCUT2D eigenvalue weighted by Crippen LogP contribution is 2.42. The molecule has 0 aliphatic carbocycles. The van der Waals surface area contributed by atoms with Gasteiger partial charge in [0.1, 0.15) is 0 Å². The topological polar surface area (TPSA) is 58.6 Å². The van der Waals surface area contributed by atoms with Gasteiger partial charge in [-0.15, -0.1) is 0 Å². The minimum atomic E-state index is -0.567. The molecule has 2 aromatic rings. The van der Waals surface area contributed by atoms with Crippen LogP contribution in [-0.4, -0.2) is 46.1 Å². The Bertz CT molecular complexity index is 909. The lowest BCUT2D eigenvalue weighted by Gasteiger charge is -2.33. The van der Waals surface area contributed by atoms with Gasteiger partial charge in [0, 0.05) is 31.1 Å². The van der Waals surface area contributed by atoms with Crippen molar-refractivity contribution < 1.29 is 9.53 Å². The van der Waals surface area contributed by atoms with E-state index in [0.29, 0.717) is 17.4 Å². The van der Waals surface area contributed by atoms with Crippen LogP contribution in [0.5, 0.6) is 5.88 Å². The van der Waals surface area contributed by atoms with Gasteiger partial charge in [-0.05, 0) is 50.3 Å². The van der Waals surface area contributed by atoms with Gasteiger partial charge in [0.15, 0.2) is 0 Å². The van der Waals surface area contributed by atoms with Crippen LogP contribution in [-0.2, 0) is 5.54 Å². The molecule has 1 fully saturated rings. The summed E-state index contributed by atoms with van der Waals surface area (Å²) in [5.41, 5.74) is 2.86. The van der Waals surface area contributed by atoms with Crippen LogP contribution < -0.4 is 9.64 Å². The van der Waals surface area contributed by atoms with Crippen molar-refractivity contribution in [3.63, 3.8) is 0 Å². The number of hydrogen-bond acceptors (Lipinski definition) is 6. The number of anilines is 1. The number of ether oxygens (including phenoxy) is 1. The number of pyridine rings is 2. The van der Waals surface area contributed by atoms with Crippen LogP contribution in [0.4, 0.5) is 5.69 Å². The maximum absolute atomic E-state index is 13.2. The second-order valence-corrected chi connectivity index (χ2v) is 9.40. The van der Waals surface area contributed by atoms with Crippen LogP contribution in [0.1, 0.15) is 61.1 Å². The van der Waals surface area contributed by atoms with E-state index in [1.54, 1.807) is 19.4 Å². The van der Waals surface area contributed by atoms with E-state index in [2.05, 4.69) is 27.3 Å². The van der Waals surface area contributed by atoms with Crippen LogP contribution in [0.3, 0.4) is 0 Å². The van der Waals surface area contributed by atoms with E-state index >= 15 is 0 Å². The Hall–Kier alpha value is -2.12. The molecule has 4 heterocycles. The van der Waals surface area contributed by atoms with Gasteiger partial charge in [-0.3, -0.25) is 19.0 Å². The van der Waals surface area contributed by atoms with E-state index in [0.717, 1.165) is 43.1 Å². The number of rotatable bonds is 5. The van der Waals surface area contributed by atoms with Gasteiger partial charge >= 0.3 is 0 Å². The summed E-state index contributed by atoms with van der Waals surface area (Å²) in [4.78, 5) is 24.1. The molecule has 0 bridgehead atoms. The van der Waals surface area contributed by atoms with Crippen LogP contribution in [0.2, 0.25) is 0 Å². The first-order chi connectivity index (χ1) is 14.0. The zero-order valence-corrected chi connectivity index (χ0v) is 18.3. The molecule has 0 saturated carbocycles. The molecular weight excluding hydrogens is 384 g/mol. The minimum absolute atomic E-state index is 0.0340. The molecule has 154 valence electrons. The summed E-state index contributed by atoms with van der Waals surface area (Å²) in [5.74, 6) is 2.09. The van der Waals surface area contributed by atoms with Gasteiger partial charge in [-0.1, -0.05) is 18.9 Å².